The van der Waals surface area contributed by atoms with Gasteiger partial charge in [0.15, 0.2) is 0 Å². The van der Waals surface area contributed by atoms with Gasteiger partial charge in [0.25, 0.3) is 0 Å². The van der Waals surface area contributed by atoms with E-state index in [1.807, 2.05) is 25.8 Å². The maximum atomic E-state index is 11.9. The fourth-order valence-electron chi connectivity index (χ4n) is 1.61. The summed E-state index contributed by atoms with van der Waals surface area (Å²) in [5.41, 5.74) is 5.58. The Morgan fingerprint density at radius 3 is 2.50 bits per heavy atom. The summed E-state index contributed by atoms with van der Waals surface area (Å²) in [5.74, 6) is 0.198. The molecule has 0 heterocycles. The largest absolute Gasteiger partial charge is 0.393 e. The van der Waals surface area contributed by atoms with E-state index in [4.69, 9.17) is 18.0 Å². The summed E-state index contributed by atoms with van der Waals surface area (Å²) < 4.78 is 0. The SMILES string of the molecule is CCCCCNC(=O)C(C)N(C)CC(C)C(N)=S. The zero-order chi connectivity index (χ0) is 14.1. The van der Waals surface area contributed by atoms with E-state index >= 15 is 0 Å². The van der Waals surface area contributed by atoms with Gasteiger partial charge in [-0.2, -0.15) is 0 Å². The third-order valence-electron chi connectivity index (χ3n) is 3.17. The van der Waals surface area contributed by atoms with Gasteiger partial charge in [0, 0.05) is 19.0 Å². The standard InChI is InChI=1S/C13H27N3OS/c1-5-6-7-8-15-13(17)11(3)16(4)9-10(2)12(14)18/h10-11H,5-9H2,1-4H3,(H2,14,18)(H,15,17). The van der Waals surface area contributed by atoms with E-state index in [0.29, 0.717) is 11.5 Å². The second-order valence-electron chi connectivity index (χ2n) is 4.92. The molecule has 0 radical (unpaired) electrons. The highest BCUT2D eigenvalue weighted by Gasteiger charge is 2.19. The topological polar surface area (TPSA) is 58.4 Å². The number of hydrogen-bond donors (Lipinski definition) is 2. The van der Waals surface area contributed by atoms with E-state index in [2.05, 4.69) is 12.2 Å². The van der Waals surface area contributed by atoms with Gasteiger partial charge in [-0.25, -0.2) is 0 Å². The molecule has 2 unspecified atom stereocenters. The number of unbranched alkanes of at least 4 members (excludes halogenated alkanes) is 2. The normalized spacial score (nSPS) is 14.3. The lowest BCUT2D eigenvalue weighted by Crippen LogP contribution is -2.46. The molecule has 18 heavy (non-hydrogen) atoms. The highest BCUT2D eigenvalue weighted by Crippen LogP contribution is 2.03. The van der Waals surface area contributed by atoms with Crippen molar-refractivity contribution in [3.63, 3.8) is 0 Å². The highest BCUT2D eigenvalue weighted by molar-refractivity contribution is 7.80. The van der Waals surface area contributed by atoms with Crippen molar-refractivity contribution in [2.75, 3.05) is 20.1 Å². The molecule has 0 aliphatic carbocycles. The van der Waals surface area contributed by atoms with E-state index in [-0.39, 0.29) is 17.9 Å². The van der Waals surface area contributed by atoms with Crippen molar-refractivity contribution < 1.29 is 4.79 Å². The van der Waals surface area contributed by atoms with Gasteiger partial charge in [-0.3, -0.25) is 9.69 Å². The molecule has 0 spiro atoms. The second kappa shape index (κ2) is 9.28. The molecule has 2 atom stereocenters. The smallest absolute Gasteiger partial charge is 0.237 e. The van der Waals surface area contributed by atoms with Crippen molar-refractivity contribution in [1.29, 1.82) is 0 Å². The summed E-state index contributed by atoms with van der Waals surface area (Å²) >= 11 is 4.94. The number of nitrogens with zero attached hydrogens (tertiary/aromatic N) is 1. The average Bonchev–Trinajstić information content (AvgIpc) is 2.33. The Kier molecular flexibility index (Phi) is 8.93. The first-order valence-electron chi connectivity index (χ1n) is 6.67. The molecule has 0 fully saturated rings. The number of amides is 1. The van der Waals surface area contributed by atoms with Crippen LogP contribution in [0.25, 0.3) is 0 Å². The van der Waals surface area contributed by atoms with Crippen LogP contribution in [0.2, 0.25) is 0 Å². The average molecular weight is 273 g/mol. The molecular formula is C13H27N3OS. The number of carbonyl (C=O) groups is 1. The number of rotatable bonds is 9. The van der Waals surface area contributed by atoms with Crippen molar-refractivity contribution in [2.24, 2.45) is 11.7 Å². The van der Waals surface area contributed by atoms with Crippen LogP contribution in [0, 0.1) is 5.92 Å². The summed E-state index contributed by atoms with van der Waals surface area (Å²) in [4.78, 5) is 14.4. The fraction of sp³-hybridized carbons (Fsp3) is 0.846. The maximum absolute atomic E-state index is 11.9. The van der Waals surface area contributed by atoms with Gasteiger partial charge in [0.05, 0.1) is 11.0 Å². The highest BCUT2D eigenvalue weighted by atomic mass is 32.1. The third-order valence-corrected chi connectivity index (χ3v) is 3.57. The molecule has 5 heteroatoms. The fourth-order valence-corrected chi connectivity index (χ4v) is 1.69. The van der Waals surface area contributed by atoms with Crippen LogP contribution in [-0.4, -0.2) is 42.0 Å². The van der Waals surface area contributed by atoms with Crippen LogP contribution in [0.4, 0.5) is 0 Å². The monoisotopic (exact) mass is 273 g/mol. The molecule has 1 amide bonds. The first kappa shape index (κ1) is 17.3. The molecule has 4 nitrogen and oxygen atoms in total. The van der Waals surface area contributed by atoms with Crippen LogP contribution in [0.1, 0.15) is 40.0 Å². The third kappa shape index (κ3) is 6.91. The number of thiocarbonyl (C=S) groups is 1. The summed E-state index contributed by atoms with van der Waals surface area (Å²) in [6, 6.07) is -0.150. The predicted molar refractivity (Wildman–Crippen MR) is 80.6 cm³/mol. The van der Waals surface area contributed by atoms with Crippen molar-refractivity contribution in [1.82, 2.24) is 10.2 Å². The number of carbonyl (C=O) groups excluding carboxylic acids is 1. The maximum Gasteiger partial charge on any atom is 0.237 e. The van der Waals surface area contributed by atoms with Crippen LogP contribution in [0.5, 0.6) is 0 Å². The van der Waals surface area contributed by atoms with Gasteiger partial charge in [0.1, 0.15) is 0 Å². The van der Waals surface area contributed by atoms with Crippen LogP contribution >= 0.6 is 12.2 Å². The zero-order valence-electron chi connectivity index (χ0n) is 12.0. The molecule has 0 aromatic carbocycles. The first-order valence-corrected chi connectivity index (χ1v) is 7.08. The van der Waals surface area contributed by atoms with E-state index in [1.165, 1.54) is 0 Å². The van der Waals surface area contributed by atoms with E-state index in [1.54, 1.807) is 0 Å². The lowest BCUT2D eigenvalue weighted by molar-refractivity contribution is -0.125. The number of hydrogen-bond acceptors (Lipinski definition) is 3. The predicted octanol–water partition coefficient (Wildman–Crippen LogP) is 1.54. The molecule has 0 aliphatic rings. The van der Waals surface area contributed by atoms with Crippen molar-refractivity contribution >= 4 is 23.1 Å². The number of nitrogens with two attached hydrogens (primary N) is 1. The lowest BCUT2D eigenvalue weighted by Gasteiger charge is -2.26. The Morgan fingerprint density at radius 1 is 1.39 bits per heavy atom. The summed E-state index contributed by atoms with van der Waals surface area (Å²) in [5, 5.41) is 2.96. The quantitative estimate of drug-likeness (QED) is 0.494. The summed E-state index contributed by atoms with van der Waals surface area (Å²) in [6.45, 7) is 7.50. The van der Waals surface area contributed by atoms with E-state index < -0.39 is 0 Å². The Labute approximate surface area is 116 Å². The first-order chi connectivity index (χ1) is 8.40. The zero-order valence-corrected chi connectivity index (χ0v) is 12.8. The molecule has 0 aliphatic heterocycles. The minimum atomic E-state index is -0.150. The van der Waals surface area contributed by atoms with Crippen LogP contribution < -0.4 is 11.1 Å². The molecule has 0 saturated carbocycles. The van der Waals surface area contributed by atoms with Gasteiger partial charge >= 0.3 is 0 Å². The van der Waals surface area contributed by atoms with Gasteiger partial charge in [-0.15, -0.1) is 0 Å². The molecule has 0 aromatic heterocycles. The Bertz CT molecular complexity index is 271. The van der Waals surface area contributed by atoms with Crippen molar-refractivity contribution in [2.45, 2.75) is 46.1 Å². The van der Waals surface area contributed by atoms with E-state index in [0.717, 1.165) is 25.8 Å². The summed E-state index contributed by atoms with van der Waals surface area (Å²) in [6.07, 6.45) is 3.36. The molecular weight excluding hydrogens is 246 g/mol. The molecule has 106 valence electrons. The second-order valence-corrected chi connectivity index (χ2v) is 5.39. The minimum Gasteiger partial charge on any atom is -0.393 e. The van der Waals surface area contributed by atoms with Crippen molar-refractivity contribution in [3.8, 4) is 0 Å². The molecule has 0 bridgehead atoms. The van der Waals surface area contributed by atoms with Crippen LogP contribution in [0.15, 0.2) is 0 Å². The Balaban J connectivity index is 4.00. The minimum absolute atomic E-state index is 0.0729. The number of nitrogens with one attached hydrogen (secondary N) is 1. The molecule has 0 saturated heterocycles. The van der Waals surface area contributed by atoms with Gasteiger partial charge in [-0.1, -0.05) is 38.9 Å². The Morgan fingerprint density at radius 2 is 2.00 bits per heavy atom. The van der Waals surface area contributed by atoms with Crippen LogP contribution in [0.3, 0.4) is 0 Å². The molecule has 0 aromatic rings. The Hall–Kier alpha value is -0.680. The summed E-state index contributed by atoms with van der Waals surface area (Å²) in [7, 11) is 1.92. The lowest BCUT2D eigenvalue weighted by atomic mass is 10.1. The van der Waals surface area contributed by atoms with Gasteiger partial charge in [0.2, 0.25) is 5.91 Å². The van der Waals surface area contributed by atoms with Gasteiger partial charge < -0.3 is 11.1 Å². The van der Waals surface area contributed by atoms with Crippen LogP contribution in [-0.2, 0) is 4.79 Å². The van der Waals surface area contributed by atoms with Gasteiger partial charge in [-0.05, 0) is 20.4 Å². The number of likely N-dealkylation sites (N-methyl/N-ethyl adjacent to an activating group) is 1. The van der Waals surface area contributed by atoms with Crippen molar-refractivity contribution in [3.05, 3.63) is 0 Å². The van der Waals surface area contributed by atoms with E-state index in [9.17, 15) is 4.79 Å². The molecule has 3 N–H and O–H groups in total. The molecule has 0 rings (SSSR count).